The molecule has 0 radical (unpaired) electrons. The van der Waals surface area contributed by atoms with Crippen LogP contribution >= 0.6 is 0 Å². The van der Waals surface area contributed by atoms with Gasteiger partial charge in [-0.05, 0) is 39.0 Å². The molecule has 1 amide bonds. The lowest BCUT2D eigenvalue weighted by atomic mass is 9.73. The van der Waals surface area contributed by atoms with Crippen molar-refractivity contribution in [3.63, 3.8) is 0 Å². The molecule has 6 heteroatoms. The van der Waals surface area contributed by atoms with E-state index in [4.69, 9.17) is 9.72 Å². The average molecular weight is 361 g/mol. The Morgan fingerprint density at radius 1 is 1.27 bits per heavy atom. The zero-order valence-corrected chi connectivity index (χ0v) is 16.5. The highest BCUT2D eigenvalue weighted by molar-refractivity contribution is 5.77. The third-order valence-electron chi connectivity index (χ3n) is 5.75. The van der Waals surface area contributed by atoms with E-state index in [2.05, 4.69) is 27.8 Å². The van der Waals surface area contributed by atoms with Crippen molar-refractivity contribution in [1.82, 2.24) is 14.9 Å². The van der Waals surface area contributed by atoms with Crippen LogP contribution in [0.2, 0.25) is 0 Å². The first-order valence-corrected chi connectivity index (χ1v) is 9.91. The number of carbonyl (C=O) groups is 1. The number of hydrogen-bond acceptors (Lipinski definition) is 5. The molecule has 6 nitrogen and oxygen atoms in total. The van der Waals surface area contributed by atoms with E-state index < -0.39 is 0 Å². The molecule has 0 N–H and O–H groups in total. The van der Waals surface area contributed by atoms with Crippen LogP contribution in [0.15, 0.2) is 6.07 Å². The predicted octanol–water partition coefficient (Wildman–Crippen LogP) is 2.59. The lowest BCUT2D eigenvalue weighted by Crippen LogP contribution is -2.54. The molecule has 3 heterocycles. The maximum atomic E-state index is 12.3. The van der Waals surface area contributed by atoms with E-state index in [1.807, 2.05) is 6.92 Å². The van der Waals surface area contributed by atoms with Crippen molar-refractivity contribution in [2.75, 3.05) is 44.8 Å². The van der Waals surface area contributed by atoms with Gasteiger partial charge in [-0.15, -0.1) is 0 Å². The van der Waals surface area contributed by atoms with Gasteiger partial charge in [0.25, 0.3) is 0 Å². The lowest BCUT2D eigenvalue weighted by Gasteiger charge is -2.48. The highest BCUT2D eigenvalue weighted by Gasteiger charge is 2.41. The third-order valence-corrected chi connectivity index (χ3v) is 5.75. The summed E-state index contributed by atoms with van der Waals surface area (Å²) in [6.07, 6.45) is 5.86. The number of nitrogens with zero attached hydrogens (tertiary/aromatic N) is 4. The number of aryl methyl sites for hydroxylation is 2. The molecule has 1 aromatic heterocycles. The lowest BCUT2D eigenvalue weighted by molar-refractivity contribution is -0.138. The van der Waals surface area contributed by atoms with E-state index in [-0.39, 0.29) is 5.41 Å². The average Bonchev–Trinajstić information content (AvgIpc) is 2.64. The highest BCUT2D eigenvalue weighted by atomic mass is 16.5. The first kappa shape index (κ1) is 19.1. The molecule has 2 fully saturated rings. The number of piperidine rings is 2. The summed E-state index contributed by atoms with van der Waals surface area (Å²) in [4.78, 5) is 26.0. The Morgan fingerprint density at radius 3 is 2.88 bits per heavy atom. The monoisotopic (exact) mass is 360 g/mol. The highest BCUT2D eigenvalue weighted by Crippen LogP contribution is 2.40. The molecule has 1 atom stereocenters. The zero-order valence-electron chi connectivity index (χ0n) is 16.5. The molecule has 2 aliphatic heterocycles. The van der Waals surface area contributed by atoms with Crippen LogP contribution in [-0.2, 0) is 16.0 Å². The Labute approximate surface area is 156 Å². The Balaban J connectivity index is 1.72. The van der Waals surface area contributed by atoms with Crippen LogP contribution in [0.4, 0.5) is 5.82 Å². The molecule has 3 rings (SSSR count). The van der Waals surface area contributed by atoms with Gasteiger partial charge in [0.15, 0.2) is 0 Å². The van der Waals surface area contributed by atoms with Crippen molar-refractivity contribution in [3.8, 4) is 0 Å². The molecule has 1 spiro atoms. The summed E-state index contributed by atoms with van der Waals surface area (Å²) in [6.45, 7) is 8.52. The fourth-order valence-electron chi connectivity index (χ4n) is 4.40. The number of anilines is 1. The van der Waals surface area contributed by atoms with Crippen molar-refractivity contribution < 1.29 is 9.53 Å². The minimum atomic E-state index is 0.199. The summed E-state index contributed by atoms with van der Waals surface area (Å²) in [5.41, 5.74) is 1.30. The molecule has 0 aliphatic carbocycles. The number of rotatable bonds is 6. The molecule has 1 aromatic rings. The maximum Gasteiger partial charge on any atom is 0.222 e. The smallest absolute Gasteiger partial charge is 0.222 e. The van der Waals surface area contributed by atoms with Gasteiger partial charge in [-0.2, -0.15) is 0 Å². The summed E-state index contributed by atoms with van der Waals surface area (Å²) >= 11 is 0. The van der Waals surface area contributed by atoms with Crippen LogP contribution in [0, 0.1) is 12.3 Å². The summed E-state index contributed by atoms with van der Waals surface area (Å²) in [7, 11) is 1.72. The van der Waals surface area contributed by atoms with Crippen LogP contribution in [0.25, 0.3) is 0 Å². The van der Waals surface area contributed by atoms with Gasteiger partial charge in [0, 0.05) is 63.5 Å². The van der Waals surface area contributed by atoms with Gasteiger partial charge in [-0.1, -0.05) is 6.92 Å². The molecule has 0 saturated carbocycles. The molecular weight excluding hydrogens is 328 g/mol. The van der Waals surface area contributed by atoms with Crippen molar-refractivity contribution >= 4 is 11.7 Å². The summed E-state index contributed by atoms with van der Waals surface area (Å²) in [6, 6.07) is 2.14. The van der Waals surface area contributed by atoms with E-state index in [0.29, 0.717) is 18.9 Å². The van der Waals surface area contributed by atoms with Crippen LogP contribution in [-0.4, -0.2) is 60.7 Å². The molecule has 0 bridgehead atoms. The Kier molecular flexibility index (Phi) is 6.12. The van der Waals surface area contributed by atoms with E-state index >= 15 is 0 Å². The number of carbonyl (C=O) groups excluding carboxylic acids is 1. The largest absolute Gasteiger partial charge is 0.385 e. The van der Waals surface area contributed by atoms with Gasteiger partial charge in [0.2, 0.25) is 5.91 Å². The van der Waals surface area contributed by atoms with Gasteiger partial charge in [-0.3, -0.25) is 4.79 Å². The molecule has 144 valence electrons. The Bertz CT molecular complexity index is 636. The number of ether oxygens (including phenoxy) is 1. The van der Waals surface area contributed by atoms with Crippen LogP contribution in [0.1, 0.15) is 50.5 Å². The van der Waals surface area contributed by atoms with E-state index in [1.165, 1.54) is 6.42 Å². The SMILES string of the molecule is CCc1cc(N2CCC[C@@]3(CCC(=O)N(CCCOC)C3)C2)nc(C)n1. The van der Waals surface area contributed by atoms with Crippen molar-refractivity contribution in [2.45, 2.75) is 52.4 Å². The van der Waals surface area contributed by atoms with Gasteiger partial charge in [0.1, 0.15) is 11.6 Å². The Hall–Kier alpha value is -1.69. The minimum absolute atomic E-state index is 0.199. The third kappa shape index (κ3) is 4.34. The summed E-state index contributed by atoms with van der Waals surface area (Å²) in [5.74, 6) is 2.20. The second kappa shape index (κ2) is 8.33. The fourth-order valence-corrected chi connectivity index (χ4v) is 4.40. The van der Waals surface area contributed by atoms with Gasteiger partial charge in [0.05, 0.1) is 0 Å². The van der Waals surface area contributed by atoms with Crippen molar-refractivity contribution in [1.29, 1.82) is 0 Å². The minimum Gasteiger partial charge on any atom is -0.385 e. The van der Waals surface area contributed by atoms with E-state index in [0.717, 1.165) is 69.2 Å². The standard InChI is InChI=1S/C20H32N4O2/c1-4-17-13-18(22-16(2)21-17)23-10-5-8-20(14-23)9-7-19(25)24(15-20)11-6-12-26-3/h13H,4-12,14-15H2,1-3H3/t20-/m1/s1. The predicted molar refractivity (Wildman–Crippen MR) is 102 cm³/mol. The Morgan fingerprint density at radius 2 is 2.12 bits per heavy atom. The van der Waals surface area contributed by atoms with Crippen LogP contribution in [0.5, 0.6) is 0 Å². The van der Waals surface area contributed by atoms with Crippen molar-refractivity contribution in [2.24, 2.45) is 5.41 Å². The van der Waals surface area contributed by atoms with E-state index in [9.17, 15) is 4.79 Å². The topological polar surface area (TPSA) is 58.6 Å². The first-order chi connectivity index (χ1) is 12.5. The molecule has 2 saturated heterocycles. The number of hydrogen-bond donors (Lipinski definition) is 0. The van der Waals surface area contributed by atoms with Crippen LogP contribution < -0.4 is 4.90 Å². The normalized spacial score (nSPS) is 23.7. The zero-order chi connectivity index (χ0) is 18.6. The van der Waals surface area contributed by atoms with E-state index in [1.54, 1.807) is 7.11 Å². The molecule has 26 heavy (non-hydrogen) atoms. The molecular formula is C20H32N4O2. The maximum absolute atomic E-state index is 12.3. The quantitative estimate of drug-likeness (QED) is 0.730. The molecule has 0 aromatic carbocycles. The number of amides is 1. The molecule has 2 aliphatic rings. The van der Waals surface area contributed by atoms with Gasteiger partial charge < -0.3 is 14.5 Å². The van der Waals surface area contributed by atoms with Crippen LogP contribution in [0.3, 0.4) is 0 Å². The van der Waals surface area contributed by atoms with Crippen molar-refractivity contribution in [3.05, 3.63) is 17.6 Å². The second-order valence-electron chi connectivity index (χ2n) is 7.81. The number of aromatic nitrogens is 2. The second-order valence-corrected chi connectivity index (χ2v) is 7.81. The number of likely N-dealkylation sites (tertiary alicyclic amines) is 1. The molecule has 0 unspecified atom stereocenters. The number of methoxy groups -OCH3 is 1. The first-order valence-electron chi connectivity index (χ1n) is 9.91. The summed E-state index contributed by atoms with van der Waals surface area (Å²) < 4.78 is 5.15. The fraction of sp³-hybridized carbons (Fsp3) is 0.750. The summed E-state index contributed by atoms with van der Waals surface area (Å²) in [5, 5.41) is 0. The van der Waals surface area contributed by atoms with Gasteiger partial charge in [-0.25, -0.2) is 9.97 Å². The van der Waals surface area contributed by atoms with Gasteiger partial charge >= 0.3 is 0 Å².